The van der Waals surface area contributed by atoms with Gasteiger partial charge in [-0.1, -0.05) is 31.9 Å². The Kier molecular flexibility index (Phi) is 5.70. The third kappa shape index (κ3) is 5.61. The molecule has 0 fully saturated rings. The van der Waals surface area contributed by atoms with Crippen LogP contribution in [0, 0.1) is 6.92 Å². The second kappa shape index (κ2) is 5.87. The van der Waals surface area contributed by atoms with Crippen LogP contribution in [0.4, 0.5) is 0 Å². The highest BCUT2D eigenvalue weighted by Crippen LogP contribution is 2.02. The van der Waals surface area contributed by atoms with E-state index in [2.05, 4.69) is 26.8 Å². The topological polar surface area (TPSA) is 0 Å². The molecule has 0 spiro atoms. The van der Waals surface area contributed by atoms with Gasteiger partial charge in [0.05, 0.1) is 0 Å². The predicted molar refractivity (Wildman–Crippen MR) is 43.3 cm³/mol. The first-order valence-corrected chi connectivity index (χ1v) is 3.76. The molecular formula is C9H17. The molecule has 1 radical (unpaired) electrons. The van der Waals surface area contributed by atoms with E-state index in [1.54, 1.807) is 0 Å². The van der Waals surface area contributed by atoms with Crippen LogP contribution in [0.5, 0.6) is 0 Å². The van der Waals surface area contributed by atoms with Crippen LogP contribution in [0.1, 0.15) is 39.5 Å². The molecule has 9 heavy (non-hydrogen) atoms. The summed E-state index contributed by atoms with van der Waals surface area (Å²) in [6, 6.07) is 0. The van der Waals surface area contributed by atoms with Gasteiger partial charge in [0, 0.05) is 0 Å². The average molecular weight is 125 g/mol. The molecule has 0 atom stereocenters. The highest BCUT2D eigenvalue weighted by atomic mass is 13.9. The highest BCUT2D eigenvalue weighted by Gasteiger charge is 1.82. The molecule has 0 heteroatoms. The molecule has 0 saturated heterocycles. The Balaban J connectivity index is 3.21. The van der Waals surface area contributed by atoms with E-state index in [0.29, 0.717) is 0 Å². The lowest BCUT2D eigenvalue weighted by Gasteiger charge is -1.93. The van der Waals surface area contributed by atoms with Gasteiger partial charge < -0.3 is 0 Å². The summed E-state index contributed by atoms with van der Waals surface area (Å²) >= 11 is 0. The number of hydrogen-bond donors (Lipinski definition) is 0. The summed E-state index contributed by atoms with van der Waals surface area (Å²) in [7, 11) is 0. The van der Waals surface area contributed by atoms with Gasteiger partial charge in [-0.3, -0.25) is 0 Å². The van der Waals surface area contributed by atoms with Gasteiger partial charge in [0.1, 0.15) is 0 Å². The fourth-order valence-corrected chi connectivity index (χ4v) is 0.637. The predicted octanol–water partition coefficient (Wildman–Crippen LogP) is 3.35. The molecule has 0 rings (SSSR count). The molecule has 0 aliphatic rings. The second-order valence-corrected chi connectivity index (χ2v) is 2.40. The van der Waals surface area contributed by atoms with Gasteiger partial charge in [0.25, 0.3) is 0 Å². The summed E-state index contributed by atoms with van der Waals surface area (Å²) in [5.74, 6) is 0. The average Bonchev–Trinajstić information content (AvgIpc) is 1.89. The molecular weight excluding hydrogens is 108 g/mol. The molecule has 0 N–H and O–H groups in total. The van der Waals surface area contributed by atoms with Crippen molar-refractivity contribution in [2.45, 2.75) is 39.5 Å². The van der Waals surface area contributed by atoms with Crippen molar-refractivity contribution >= 4 is 0 Å². The summed E-state index contributed by atoms with van der Waals surface area (Å²) in [6.45, 7) is 8.15. The smallest absolute Gasteiger partial charge is 0.0348 e. The van der Waals surface area contributed by atoms with Crippen LogP contribution < -0.4 is 0 Å². The Morgan fingerprint density at radius 3 is 2.67 bits per heavy atom. The van der Waals surface area contributed by atoms with E-state index in [-0.39, 0.29) is 0 Å². The second-order valence-electron chi connectivity index (χ2n) is 2.40. The van der Waals surface area contributed by atoms with Crippen LogP contribution in [0.25, 0.3) is 0 Å². The first-order valence-electron chi connectivity index (χ1n) is 3.76. The van der Waals surface area contributed by atoms with Crippen LogP contribution in [-0.2, 0) is 0 Å². The van der Waals surface area contributed by atoms with E-state index in [0.717, 1.165) is 6.42 Å². The first kappa shape index (κ1) is 8.74. The molecule has 53 valence electrons. The SMILES string of the molecule is [CH2]CCCC=C(C)CC. The largest absolute Gasteiger partial charge is 0.0856 e. The molecule has 0 unspecified atom stereocenters. The molecule has 0 aromatic heterocycles. The maximum atomic E-state index is 3.78. The van der Waals surface area contributed by atoms with Gasteiger partial charge in [-0.2, -0.15) is 0 Å². The molecule has 0 aromatic carbocycles. The van der Waals surface area contributed by atoms with Gasteiger partial charge in [-0.05, 0) is 26.2 Å². The molecule has 0 bridgehead atoms. The van der Waals surface area contributed by atoms with Crippen molar-refractivity contribution in [3.8, 4) is 0 Å². The van der Waals surface area contributed by atoms with Gasteiger partial charge >= 0.3 is 0 Å². The Morgan fingerprint density at radius 2 is 2.22 bits per heavy atom. The molecule has 0 nitrogen and oxygen atoms in total. The lowest BCUT2D eigenvalue weighted by molar-refractivity contribution is 0.855. The summed E-state index contributed by atoms with van der Waals surface area (Å²) in [5.41, 5.74) is 1.50. The van der Waals surface area contributed by atoms with Crippen molar-refractivity contribution in [1.82, 2.24) is 0 Å². The molecule has 0 aliphatic heterocycles. The molecule has 0 amide bonds. The van der Waals surface area contributed by atoms with E-state index in [1.807, 2.05) is 0 Å². The fourth-order valence-electron chi connectivity index (χ4n) is 0.637. The van der Waals surface area contributed by atoms with Gasteiger partial charge in [-0.25, -0.2) is 0 Å². The maximum Gasteiger partial charge on any atom is -0.0348 e. The minimum atomic E-state index is 1.06. The zero-order valence-corrected chi connectivity index (χ0v) is 6.61. The third-order valence-corrected chi connectivity index (χ3v) is 1.50. The van der Waals surface area contributed by atoms with Crippen molar-refractivity contribution in [2.24, 2.45) is 0 Å². The third-order valence-electron chi connectivity index (χ3n) is 1.50. The fraction of sp³-hybridized carbons (Fsp3) is 0.667. The zero-order chi connectivity index (χ0) is 7.11. The van der Waals surface area contributed by atoms with E-state index in [9.17, 15) is 0 Å². The summed E-state index contributed by atoms with van der Waals surface area (Å²) < 4.78 is 0. The quantitative estimate of drug-likeness (QED) is 0.399. The van der Waals surface area contributed by atoms with Crippen molar-refractivity contribution in [1.29, 1.82) is 0 Å². The Bertz CT molecular complexity index is 80.0. The minimum Gasteiger partial charge on any atom is -0.0856 e. The van der Waals surface area contributed by atoms with Crippen molar-refractivity contribution < 1.29 is 0 Å². The maximum absolute atomic E-state index is 3.78. The molecule has 0 saturated carbocycles. The van der Waals surface area contributed by atoms with E-state index < -0.39 is 0 Å². The van der Waals surface area contributed by atoms with Gasteiger partial charge in [0.2, 0.25) is 0 Å². The standard InChI is InChI=1S/C9H17/c1-4-6-7-8-9(3)5-2/h8H,1,4-7H2,2-3H3. The van der Waals surface area contributed by atoms with E-state index in [4.69, 9.17) is 0 Å². The first-order chi connectivity index (χ1) is 4.31. The Labute approximate surface area is 59.0 Å². The van der Waals surface area contributed by atoms with Crippen LogP contribution in [-0.4, -0.2) is 0 Å². The van der Waals surface area contributed by atoms with Crippen LogP contribution in [0.3, 0.4) is 0 Å². The Hall–Kier alpha value is -0.260. The number of rotatable bonds is 4. The molecule has 0 heterocycles. The summed E-state index contributed by atoms with van der Waals surface area (Å²) in [6.07, 6.45) is 7.01. The van der Waals surface area contributed by atoms with Crippen molar-refractivity contribution in [2.75, 3.05) is 0 Å². The lowest BCUT2D eigenvalue weighted by Crippen LogP contribution is -1.72. The summed E-state index contributed by atoms with van der Waals surface area (Å²) in [4.78, 5) is 0. The van der Waals surface area contributed by atoms with Crippen molar-refractivity contribution in [3.05, 3.63) is 18.6 Å². The van der Waals surface area contributed by atoms with Crippen LogP contribution in [0.15, 0.2) is 11.6 Å². The lowest BCUT2D eigenvalue weighted by atomic mass is 10.1. The van der Waals surface area contributed by atoms with Gasteiger partial charge in [0.15, 0.2) is 0 Å². The monoisotopic (exact) mass is 125 g/mol. The van der Waals surface area contributed by atoms with Crippen LogP contribution >= 0.6 is 0 Å². The summed E-state index contributed by atoms with van der Waals surface area (Å²) in [5, 5.41) is 0. The number of unbranched alkanes of at least 4 members (excludes halogenated alkanes) is 2. The molecule has 0 aliphatic carbocycles. The van der Waals surface area contributed by atoms with Crippen LogP contribution in [0.2, 0.25) is 0 Å². The normalized spacial score (nSPS) is 12.1. The highest BCUT2D eigenvalue weighted by molar-refractivity contribution is 4.96. The van der Waals surface area contributed by atoms with E-state index >= 15 is 0 Å². The van der Waals surface area contributed by atoms with Gasteiger partial charge in [-0.15, -0.1) is 0 Å². The van der Waals surface area contributed by atoms with E-state index in [1.165, 1.54) is 24.8 Å². The molecule has 0 aromatic rings. The zero-order valence-electron chi connectivity index (χ0n) is 6.61. The number of allylic oxidation sites excluding steroid dienone is 2. The Morgan fingerprint density at radius 1 is 1.56 bits per heavy atom. The minimum absolute atomic E-state index is 1.06. The number of hydrogen-bond acceptors (Lipinski definition) is 0. The van der Waals surface area contributed by atoms with Crippen molar-refractivity contribution in [3.63, 3.8) is 0 Å².